The second-order valence-electron chi connectivity index (χ2n) is 1.33. The van der Waals surface area contributed by atoms with Gasteiger partial charge in [-0.15, -0.1) is 23.2 Å². The molecule has 0 saturated heterocycles. The average molecular weight is 178 g/mol. The van der Waals surface area contributed by atoms with Crippen molar-refractivity contribution < 1.29 is 19.5 Å². The Bertz CT molecular complexity index is 24.3. The summed E-state index contributed by atoms with van der Waals surface area (Å²) in [6.45, 7) is 3.44. The van der Waals surface area contributed by atoms with E-state index in [2.05, 4.69) is 0 Å². The maximum absolute atomic E-state index is 5.30. The van der Waals surface area contributed by atoms with Crippen LogP contribution < -0.4 is 0 Å². The summed E-state index contributed by atoms with van der Waals surface area (Å²) in [6, 6.07) is 0. The fourth-order valence-electron chi connectivity index (χ4n) is 0. The van der Waals surface area contributed by atoms with Gasteiger partial charge in [0.05, 0.1) is 0 Å². The van der Waals surface area contributed by atoms with E-state index in [1.165, 1.54) is 0 Å². The minimum Gasteiger partial charge on any atom is -0.102 e. The molecule has 0 fully saturated rings. The summed E-state index contributed by atoms with van der Waals surface area (Å²) in [6.07, 6.45) is 0. The zero-order valence-electron chi connectivity index (χ0n) is 3.96. The first-order valence-corrected chi connectivity index (χ1v) is 2.13. The van der Waals surface area contributed by atoms with Gasteiger partial charge in [-0.1, -0.05) is 0 Å². The van der Waals surface area contributed by atoms with Crippen molar-refractivity contribution in [2.45, 2.75) is 18.2 Å². The van der Waals surface area contributed by atoms with Gasteiger partial charge in [0.1, 0.15) is 4.33 Å². The number of halogens is 2. The van der Waals surface area contributed by atoms with Gasteiger partial charge in [0.15, 0.2) is 0 Å². The van der Waals surface area contributed by atoms with E-state index < -0.39 is 4.33 Å². The number of hydrogen-bond donors (Lipinski definition) is 0. The van der Waals surface area contributed by atoms with Gasteiger partial charge in [-0.25, -0.2) is 0 Å². The molecule has 3 heteroatoms. The van der Waals surface area contributed by atoms with E-state index in [-0.39, 0.29) is 19.5 Å². The van der Waals surface area contributed by atoms with E-state index in [0.29, 0.717) is 0 Å². The molecule has 0 amide bonds. The van der Waals surface area contributed by atoms with Crippen LogP contribution in [-0.4, -0.2) is 4.33 Å². The predicted octanol–water partition coefficient (Wildman–Crippen LogP) is 2.20. The van der Waals surface area contributed by atoms with Gasteiger partial charge in [-0.2, -0.15) is 0 Å². The molecule has 0 aromatic carbocycles. The maximum atomic E-state index is 5.30. The maximum Gasteiger partial charge on any atom is 0.112 e. The minimum atomic E-state index is -0.556. The Morgan fingerprint density at radius 1 is 1.17 bits per heavy atom. The molecule has 0 aliphatic heterocycles. The number of hydrogen-bond acceptors (Lipinski definition) is 0. The molecule has 0 spiro atoms. The van der Waals surface area contributed by atoms with Crippen molar-refractivity contribution in [1.82, 2.24) is 0 Å². The fraction of sp³-hybridized carbons (Fsp3) is 1.00. The molecular weight excluding hydrogens is 172 g/mol. The molecule has 0 aliphatic carbocycles. The summed E-state index contributed by atoms with van der Waals surface area (Å²) >= 11 is 10.6. The molecule has 0 rings (SSSR count). The van der Waals surface area contributed by atoms with Crippen LogP contribution in [0.4, 0.5) is 0 Å². The largest absolute Gasteiger partial charge is 0.112 e. The van der Waals surface area contributed by atoms with Gasteiger partial charge in [0.25, 0.3) is 0 Å². The van der Waals surface area contributed by atoms with Crippen molar-refractivity contribution in [3.8, 4) is 0 Å². The van der Waals surface area contributed by atoms with Crippen molar-refractivity contribution in [1.29, 1.82) is 0 Å². The smallest absolute Gasteiger partial charge is 0.102 e. The van der Waals surface area contributed by atoms with Crippen LogP contribution in [0.15, 0.2) is 0 Å². The van der Waals surface area contributed by atoms with Crippen molar-refractivity contribution in [2.24, 2.45) is 0 Å². The standard InChI is InChI=1S/C3H6Cl2.Zn/c1-3(2,4)5;/h1-2H3;. The first kappa shape index (κ1) is 10.2. The quantitative estimate of drug-likeness (QED) is 0.394. The Morgan fingerprint density at radius 2 is 1.17 bits per heavy atom. The van der Waals surface area contributed by atoms with Crippen LogP contribution in [0.1, 0.15) is 13.8 Å². The van der Waals surface area contributed by atoms with Crippen molar-refractivity contribution in [3.63, 3.8) is 0 Å². The first-order chi connectivity index (χ1) is 2.00. The second-order valence-corrected chi connectivity index (χ2v) is 3.41. The zero-order chi connectivity index (χ0) is 4.50. The molecule has 34 valence electrons. The monoisotopic (exact) mass is 176 g/mol. The number of alkyl halides is 2. The molecule has 0 aliphatic rings. The summed E-state index contributed by atoms with van der Waals surface area (Å²) in [5.74, 6) is 0. The molecule has 0 aromatic heterocycles. The Kier molecular flexibility index (Phi) is 5.52. The average Bonchev–Trinajstić information content (AvgIpc) is 0.722. The van der Waals surface area contributed by atoms with Gasteiger partial charge in [0, 0.05) is 19.5 Å². The van der Waals surface area contributed by atoms with E-state index in [1.807, 2.05) is 0 Å². The van der Waals surface area contributed by atoms with Gasteiger partial charge < -0.3 is 0 Å². The van der Waals surface area contributed by atoms with Gasteiger partial charge in [-0.3, -0.25) is 0 Å². The molecule has 0 nitrogen and oxygen atoms in total. The minimum absolute atomic E-state index is 0. The number of rotatable bonds is 0. The Hall–Kier alpha value is 1.20. The van der Waals surface area contributed by atoms with Gasteiger partial charge >= 0.3 is 0 Å². The van der Waals surface area contributed by atoms with E-state index in [9.17, 15) is 0 Å². The Labute approximate surface area is 61.0 Å². The van der Waals surface area contributed by atoms with Crippen LogP contribution in [0, 0.1) is 0 Å². The Morgan fingerprint density at radius 3 is 1.17 bits per heavy atom. The topological polar surface area (TPSA) is 0 Å². The van der Waals surface area contributed by atoms with Crippen molar-refractivity contribution in [2.75, 3.05) is 0 Å². The molecule has 0 saturated carbocycles. The third-order valence-corrected chi connectivity index (χ3v) is 0. The van der Waals surface area contributed by atoms with Crippen molar-refractivity contribution in [3.05, 3.63) is 0 Å². The van der Waals surface area contributed by atoms with Crippen molar-refractivity contribution >= 4 is 23.2 Å². The molecular formula is C3H6Cl2Zn. The summed E-state index contributed by atoms with van der Waals surface area (Å²) in [5, 5.41) is 0. The molecule has 0 atom stereocenters. The van der Waals surface area contributed by atoms with E-state index >= 15 is 0 Å². The van der Waals surface area contributed by atoms with Crippen LogP contribution >= 0.6 is 23.2 Å². The summed E-state index contributed by atoms with van der Waals surface area (Å²) in [5.41, 5.74) is 0. The van der Waals surface area contributed by atoms with E-state index in [4.69, 9.17) is 23.2 Å². The third-order valence-electron chi connectivity index (χ3n) is 0. The molecule has 0 heterocycles. The molecule has 0 unspecified atom stereocenters. The van der Waals surface area contributed by atoms with Crippen LogP contribution in [0.25, 0.3) is 0 Å². The molecule has 0 aromatic rings. The molecule has 6 heavy (non-hydrogen) atoms. The van der Waals surface area contributed by atoms with Gasteiger partial charge in [0.2, 0.25) is 0 Å². The van der Waals surface area contributed by atoms with E-state index in [1.54, 1.807) is 13.8 Å². The summed E-state index contributed by atoms with van der Waals surface area (Å²) in [7, 11) is 0. The summed E-state index contributed by atoms with van der Waals surface area (Å²) in [4.78, 5) is 0. The normalized spacial score (nSPS) is 10.0. The van der Waals surface area contributed by atoms with E-state index in [0.717, 1.165) is 0 Å². The second kappa shape index (κ2) is 3.24. The third kappa shape index (κ3) is 63.5. The predicted molar refractivity (Wildman–Crippen MR) is 25.8 cm³/mol. The molecule has 0 radical (unpaired) electrons. The Balaban J connectivity index is 0. The fourth-order valence-corrected chi connectivity index (χ4v) is 0. The molecule has 0 bridgehead atoms. The first-order valence-electron chi connectivity index (χ1n) is 1.38. The van der Waals surface area contributed by atoms with Crippen LogP contribution in [0.2, 0.25) is 0 Å². The van der Waals surface area contributed by atoms with Crippen LogP contribution in [0.3, 0.4) is 0 Å². The SMILES string of the molecule is CC(C)(Cl)Cl.[Zn]. The summed E-state index contributed by atoms with van der Waals surface area (Å²) < 4.78 is -0.556. The van der Waals surface area contributed by atoms with Crippen LogP contribution in [0.5, 0.6) is 0 Å². The van der Waals surface area contributed by atoms with Gasteiger partial charge in [-0.05, 0) is 13.8 Å². The van der Waals surface area contributed by atoms with Crippen LogP contribution in [-0.2, 0) is 19.5 Å². The molecule has 0 N–H and O–H groups in total. The zero-order valence-corrected chi connectivity index (χ0v) is 8.44.